The summed E-state index contributed by atoms with van der Waals surface area (Å²) in [6.45, 7) is 7.71. The molecule has 1 aliphatic rings. The first-order valence-electron chi connectivity index (χ1n) is 12.2. The number of aliphatic hydroxyl groups is 1. The minimum absolute atomic E-state index is 0.0169. The van der Waals surface area contributed by atoms with E-state index in [0.717, 1.165) is 17.8 Å². The van der Waals surface area contributed by atoms with Crippen molar-refractivity contribution in [1.82, 2.24) is 4.98 Å². The lowest BCUT2D eigenvalue weighted by Crippen LogP contribution is -2.29. The van der Waals surface area contributed by atoms with Gasteiger partial charge in [-0.1, -0.05) is 55.2 Å². The number of amides is 1. The Kier molecular flexibility index (Phi) is 8.46. The molecule has 2 aromatic carbocycles. The van der Waals surface area contributed by atoms with Gasteiger partial charge in [0.05, 0.1) is 31.0 Å². The minimum atomic E-state index is -1.01. The maximum Gasteiger partial charge on any atom is 0.350 e. The second-order valence-corrected chi connectivity index (χ2v) is 9.59. The third-order valence-corrected chi connectivity index (χ3v) is 7.10. The van der Waals surface area contributed by atoms with Crippen LogP contribution in [-0.2, 0) is 14.3 Å². The summed E-state index contributed by atoms with van der Waals surface area (Å²) in [5, 5.41) is 11.5. The first-order valence-corrected chi connectivity index (χ1v) is 13.1. The standard InChI is InChI=1S/C29H28N2O7S/c1-5-14-37-20-12-10-18(11-13-20)23-22(24(32)19-8-7-9-21(16-19)36-4)25(33)27(34)31(23)29-30-17(3)26(39-29)28(35)38-15-6-2/h6-13,16,23,32H,2,5,14-15H2,1,3-4H3/b24-22+. The number of carbonyl (C=O) groups is 3. The van der Waals surface area contributed by atoms with E-state index in [9.17, 15) is 19.5 Å². The molecule has 1 N–H and O–H groups in total. The number of benzene rings is 2. The van der Waals surface area contributed by atoms with E-state index in [1.165, 1.54) is 18.1 Å². The van der Waals surface area contributed by atoms with Gasteiger partial charge in [-0.3, -0.25) is 14.5 Å². The number of aromatic nitrogens is 1. The van der Waals surface area contributed by atoms with Crippen molar-refractivity contribution in [3.05, 3.63) is 88.5 Å². The molecule has 1 unspecified atom stereocenters. The smallest absolute Gasteiger partial charge is 0.350 e. The number of ether oxygens (including phenoxy) is 3. The fraction of sp³-hybridized carbons (Fsp3) is 0.241. The Morgan fingerprint density at radius 3 is 2.59 bits per heavy atom. The van der Waals surface area contributed by atoms with E-state index in [0.29, 0.717) is 34.9 Å². The number of methoxy groups -OCH3 is 1. The Hall–Kier alpha value is -4.44. The Morgan fingerprint density at radius 1 is 1.18 bits per heavy atom. The van der Waals surface area contributed by atoms with Crippen LogP contribution in [0.4, 0.5) is 5.13 Å². The number of nitrogens with zero attached hydrogens (tertiary/aromatic N) is 2. The molecule has 0 aliphatic carbocycles. The fourth-order valence-corrected chi connectivity index (χ4v) is 5.10. The maximum atomic E-state index is 13.4. The summed E-state index contributed by atoms with van der Waals surface area (Å²) in [5.41, 5.74) is 1.09. The van der Waals surface area contributed by atoms with Gasteiger partial charge in [-0.15, -0.1) is 0 Å². The molecule has 10 heteroatoms. The zero-order chi connectivity index (χ0) is 28.1. The number of anilines is 1. The monoisotopic (exact) mass is 548 g/mol. The summed E-state index contributed by atoms with van der Waals surface area (Å²) in [6.07, 6.45) is 2.28. The maximum absolute atomic E-state index is 13.4. The van der Waals surface area contributed by atoms with E-state index in [2.05, 4.69) is 11.6 Å². The lowest BCUT2D eigenvalue weighted by Gasteiger charge is -2.23. The number of hydrogen-bond acceptors (Lipinski definition) is 9. The number of esters is 1. The van der Waals surface area contributed by atoms with E-state index < -0.39 is 23.7 Å². The van der Waals surface area contributed by atoms with Crippen molar-refractivity contribution in [3.8, 4) is 11.5 Å². The number of hydrogen-bond donors (Lipinski definition) is 1. The van der Waals surface area contributed by atoms with Crippen LogP contribution in [-0.4, -0.2) is 48.1 Å². The molecule has 4 rings (SSSR count). The van der Waals surface area contributed by atoms with Crippen LogP contribution in [0.3, 0.4) is 0 Å². The molecule has 3 aromatic rings. The van der Waals surface area contributed by atoms with Gasteiger partial charge >= 0.3 is 11.9 Å². The topological polar surface area (TPSA) is 115 Å². The first kappa shape index (κ1) is 27.6. The third-order valence-electron chi connectivity index (χ3n) is 5.97. The van der Waals surface area contributed by atoms with Crippen molar-refractivity contribution in [2.45, 2.75) is 26.3 Å². The summed E-state index contributed by atoms with van der Waals surface area (Å²) in [7, 11) is 1.49. The lowest BCUT2D eigenvalue weighted by molar-refractivity contribution is -0.132. The summed E-state index contributed by atoms with van der Waals surface area (Å²) in [5.74, 6) is -1.63. The van der Waals surface area contributed by atoms with Crippen molar-refractivity contribution >= 4 is 39.9 Å². The highest BCUT2D eigenvalue weighted by Gasteiger charge is 2.48. The Balaban J connectivity index is 1.86. The van der Waals surface area contributed by atoms with Crippen LogP contribution in [0.15, 0.2) is 66.8 Å². The molecule has 1 atom stereocenters. The molecule has 1 saturated heterocycles. The normalized spacial score (nSPS) is 16.3. The van der Waals surface area contributed by atoms with Crippen molar-refractivity contribution in [1.29, 1.82) is 0 Å². The van der Waals surface area contributed by atoms with Crippen molar-refractivity contribution in [3.63, 3.8) is 0 Å². The van der Waals surface area contributed by atoms with E-state index in [-0.39, 0.29) is 27.9 Å². The van der Waals surface area contributed by atoms with Gasteiger partial charge in [0.1, 0.15) is 28.7 Å². The van der Waals surface area contributed by atoms with Crippen LogP contribution in [0, 0.1) is 6.92 Å². The van der Waals surface area contributed by atoms with E-state index in [4.69, 9.17) is 14.2 Å². The van der Waals surface area contributed by atoms with Crippen LogP contribution in [0.2, 0.25) is 0 Å². The molecule has 9 nitrogen and oxygen atoms in total. The molecule has 1 aliphatic heterocycles. The molecular formula is C29H28N2O7S. The van der Waals surface area contributed by atoms with Crippen LogP contribution in [0.1, 0.15) is 45.9 Å². The second kappa shape index (κ2) is 12.0. The van der Waals surface area contributed by atoms with Crippen LogP contribution >= 0.6 is 11.3 Å². The van der Waals surface area contributed by atoms with Gasteiger partial charge in [0, 0.05) is 5.56 Å². The molecule has 0 bridgehead atoms. The van der Waals surface area contributed by atoms with Gasteiger partial charge in [-0.25, -0.2) is 9.78 Å². The van der Waals surface area contributed by atoms with E-state index >= 15 is 0 Å². The lowest BCUT2D eigenvalue weighted by atomic mass is 9.95. The summed E-state index contributed by atoms with van der Waals surface area (Å²) in [4.78, 5) is 45.3. The van der Waals surface area contributed by atoms with E-state index in [1.54, 1.807) is 55.5 Å². The number of Topliss-reactive ketones (excluding diaryl/α,β-unsaturated/α-hetero) is 1. The predicted octanol–water partition coefficient (Wildman–Crippen LogP) is 5.22. The molecule has 1 amide bonds. The number of rotatable bonds is 10. The highest BCUT2D eigenvalue weighted by atomic mass is 32.1. The number of ketones is 1. The molecule has 202 valence electrons. The quantitative estimate of drug-likeness (QED) is 0.121. The van der Waals surface area contributed by atoms with Crippen molar-refractivity contribution < 1.29 is 33.7 Å². The molecular weight excluding hydrogens is 520 g/mol. The number of aliphatic hydroxyl groups excluding tert-OH is 1. The molecule has 0 saturated carbocycles. The first-order chi connectivity index (χ1) is 18.8. The molecule has 0 radical (unpaired) electrons. The van der Waals surface area contributed by atoms with Crippen LogP contribution in [0.25, 0.3) is 5.76 Å². The Labute approximate surface area is 230 Å². The summed E-state index contributed by atoms with van der Waals surface area (Å²) in [6, 6.07) is 12.5. The van der Waals surface area contributed by atoms with Gasteiger partial charge in [-0.2, -0.15) is 0 Å². The van der Waals surface area contributed by atoms with Crippen molar-refractivity contribution in [2.75, 3.05) is 25.2 Å². The number of aryl methyl sites for hydroxylation is 1. The highest BCUT2D eigenvalue weighted by Crippen LogP contribution is 2.44. The molecule has 1 fully saturated rings. The second-order valence-electron chi connectivity index (χ2n) is 8.62. The fourth-order valence-electron chi connectivity index (χ4n) is 4.11. The minimum Gasteiger partial charge on any atom is -0.507 e. The van der Waals surface area contributed by atoms with Crippen LogP contribution in [0.5, 0.6) is 11.5 Å². The van der Waals surface area contributed by atoms with Crippen molar-refractivity contribution in [2.24, 2.45) is 0 Å². The third kappa shape index (κ3) is 5.56. The van der Waals surface area contributed by atoms with Gasteiger partial charge in [0.2, 0.25) is 0 Å². The largest absolute Gasteiger partial charge is 0.507 e. The summed E-state index contributed by atoms with van der Waals surface area (Å²) < 4.78 is 16.1. The zero-order valence-electron chi connectivity index (χ0n) is 21.8. The number of thiazole rings is 1. The van der Waals surface area contributed by atoms with Gasteiger partial charge in [0.25, 0.3) is 5.78 Å². The molecule has 39 heavy (non-hydrogen) atoms. The predicted molar refractivity (Wildman–Crippen MR) is 147 cm³/mol. The molecule has 1 aromatic heterocycles. The molecule has 0 spiro atoms. The average molecular weight is 549 g/mol. The summed E-state index contributed by atoms with van der Waals surface area (Å²) >= 11 is 0.933. The zero-order valence-corrected chi connectivity index (χ0v) is 22.6. The van der Waals surface area contributed by atoms with Gasteiger partial charge in [0.15, 0.2) is 5.13 Å². The number of carbonyl (C=O) groups excluding carboxylic acids is 3. The highest BCUT2D eigenvalue weighted by molar-refractivity contribution is 7.17. The van der Waals surface area contributed by atoms with Crippen LogP contribution < -0.4 is 14.4 Å². The Morgan fingerprint density at radius 2 is 1.92 bits per heavy atom. The molecule has 2 heterocycles. The van der Waals surface area contributed by atoms with Gasteiger partial charge in [-0.05, 0) is 43.2 Å². The Bertz CT molecular complexity index is 1440. The van der Waals surface area contributed by atoms with Gasteiger partial charge < -0.3 is 19.3 Å². The van der Waals surface area contributed by atoms with E-state index in [1.807, 2.05) is 6.92 Å². The average Bonchev–Trinajstić information content (AvgIpc) is 3.46. The SMILES string of the molecule is C=CCOC(=O)c1sc(N2C(=O)C(=O)/C(=C(/O)c3cccc(OC)c3)C2c2ccc(OCCC)cc2)nc1C.